The van der Waals surface area contributed by atoms with Crippen LogP contribution in [0.4, 0.5) is 5.69 Å². The molecule has 3 aromatic rings. The molecule has 0 saturated heterocycles. The molecule has 7 nitrogen and oxygen atoms in total. The zero-order chi connectivity index (χ0) is 22.5. The van der Waals surface area contributed by atoms with Crippen LogP contribution in [0.15, 0.2) is 83.5 Å². The van der Waals surface area contributed by atoms with Gasteiger partial charge in [0.2, 0.25) is 5.90 Å². The summed E-state index contributed by atoms with van der Waals surface area (Å²) in [7, 11) is 0. The van der Waals surface area contributed by atoms with Crippen molar-refractivity contribution in [2.24, 2.45) is 4.99 Å². The SMILES string of the molecule is Cc1cc(C2=N/C(=C\c3ccccc3OCCc3ccccc3)C(=O)O2)ccc1[N+](=O)[O-]. The number of nitro benzene ring substituents is 1. The summed E-state index contributed by atoms with van der Waals surface area (Å²) in [5.41, 5.74) is 2.97. The van der Waals surface area contributed by atoms with Gasteiger partial charge in [-0.15, -0.1) is 0 Å². The van der Waals surface area contributed by atoms with Crippen LogP contribution in [0.1, 0.15) is 22.3 Å². The minimum absolute atomic E-state index is 0.00369. The van der Waals surface area contributed by atoms with Crippen molar-refractivity contribution in [3.05, 3.63) is 111 Å². The second-order valence-electron chi connectivity index (χ2n) is 7.22. The summed E-state index contributed by atoms with van der Waals surface area (Å²) in [6.45, 7) is 2.12. The van der Waals surface area contributed by atoms with Gasteiger partial charge in [-0.1, -0.05) is 48.5 Å². The minimum Gasteiger partial charge on any atom is -0.493 e. The summed E-state index contributed by atoms with van der Waals surface area (Å²) < 4.78 is 11.2. The van der Waals surface area contributed by atoms with Gasteiger partial charge in [0, 0.05) is 29.2 Å². The first-order valence-electron chi connectivity index (χ1n) is 10.0. The molecule has 0 aromatic heterocycles. The van der Waals surface area contributed by atoms with E-state index in [1.165, 1.54) is 17.7 Å². The molecule has 0 aliphatic carbocycles. The lowest BCUT2D eigenvalue weighted by molar-refractivity contribution is -0.385. The number of aliphatic imine (C=N–C) groups is 1. The van der Waals surface area contributed by atoms with Gasteiger partial charge in [0.15, 0.2) is 5.70 Å². The third-order valence-corrected chi connectivity index (χ3v) is 4.96. The minimum atomic E-state index is -0.588. The lowest BCUT2D eigenvalue weighted by atomic mass is 10.1. The standard InChI is InChI=1S/C25H20N2O5/c1-17-15-20(11-12-22(17)27(29)30)24-26-21(25(28)32-24)16-19-9-5-6-10-23(19)31-14-13-18-7-3-2-4-8-18/h2-12,15-16H,13-14H2,1H3/b21-16-. The number of cyclic esters (lactones) is 1. The molecule has 0 unspecified atom stereocenters. The lowest BCUT2D eigenvalue weighted by Gasteiger charge is -2.09. The van der Waals surface area contributed by atoms with Crippen LogP contribution in [0, 0.1) is 17.0 Å². The summed E-state index contributed by atoms with van der Waals surface area (Å²) in [4.78, 5) is 27.2. The second-order valence-corrected chi connectivity index (χ2v) is 7.22. The van der Waals surface area contributed by atoms with Crippen LogP contribution in [0.25, 0.3) is 6.08 Å². The van der Waals surface area contributed by atoms with Crippen LogP contribution in [-0.2, 0) is 16.0 Å². The van der Waals surface area contributed by atoms with Crippen molar-refractivity contribution >= 4 is 23.6 Å². The number of carbonyl (C=O) groups is 1. The fourth-order valence-corrected chi connectivity index (χ4v) is 3.33. The number of benzene rings is 3. The number of aryl methyl sites for hydroxylation is 1. The number of rotatable bonds is 7. The molecule has 0 atom stereocenters. The van der Waals surface area contributed by atoms with E-state index in [1.54, 1.807) is 19.1 Å². The molecule has 7 heteroatoms. The molecular weight excluding hydrogens is 408 g/mol. The average molecular weight is 428 g/mol. The van der Waals surface area contributed by atoms with Crippen molar-refractivity contribution in [2.45, 2.75) is 13.3 Å². The summed E-state index contributed by atoms with van der Waals surface area (Å²) >= 11 is 0. The van der Waals surface area contributed by atoms with Crippen LogP contribution >= 0.6 is 0 Å². The fourth-order valence-electron chi connectivity index (χ4n) is 3.33. The van der Waals surface area contributed by atoms with Crippen LogP contribution in [0.3, 0.4) is 0 Å². The second kappa shape index (κ2) is 9.26. The van der Waals surface area contributed by atoms with Gasteiger partial charge in [-0.25, -0.2) is 9.79 Å². The van der Waals surface area contributed by atoms with E-state index < -0.39 is 10.9 Å². The number of ether oxygens (including phenoxy) is 2. The van der Waals surface area contributed by atoms with Gasteiger partial charge in [-0.2, -0.15) is 0 Å². The molecule has 0 fully saturated rings. The number of hydrogen-bond acceptors (Lipinski definition) is 6. The van der Waals surface area contributed by atoms with Gasteiger partial charge < -0.3 is 9.47 Å². The van der Waals surface area contributed by atoms with Crippen molar-refractivity contribution < 1.29 is 19.2 Å². The molecule has 0 N–H and O–H groups in total. The zero-order valence-corrected chi connectivity index (χ0v) is 17.4. The van der Waals surface area contributed by atoms with Crippen molar-refractivity contribution in [2.75, 3.05) is 6.61 Å². The van der Waals surface area contributed by atoms with E-state index in [9.17, 15) is 14.9 Å². The Morgan fingerprint density at radius 1 is 1.06 bits per heavy atom. The van der Waals surface area contributed by atoms with Crippen molar-refractivity contribution in [1.29, 1.82) is 0 Å². The maximum Gasteiger partial charge on any atom is 0.363 e. The predicted molar refractivity (Wildman–Crippen MR) is 121 cm³/mol. The number of esters is 1. The molecule has 32 heavy (non-hydrogen) atoms. The first-order chi connectivity index (χ1) is 15.5. The molecule has 4 rings (SSSR count). The van der Waals surface area contributed by atoms with Crippen molar-refractivity contribution in [3.63, 3.8) is 0 Å². The van der Waals surface area contributed by atoms with E-state index in [-0.39, 0.29) is 17.3 Å². The average Bonchev–Trinajstić information content (AvgIpc) is 3.15. The Balaban J connectivity index is 1.53. The maximum absolute atomic E-state index is 12.4. The van der Waals surface area contributed by atoms with Gasteiger partial charge in [0.1, 0.15) is 5.75 Å². The van der Waals surface area contributed by atoms with E-state index in [2.05, 4.69) is 4.99 Å². The smallest absolute Gasteiger partial charge is 0.363 e. The van der Waals surface area contributed by atoms with E-state index in [1.807, 2.05) is 54.6 Å². The van der Waals surface area contributed by atoms with Crippen LogP contribution in [-0.4, -0.2) is 23.4 Å². The largest absolute Gasteiger partial charge is 0.493 e. The van der Waals surface area contributed by atoms with Gasteiger partial charge in [-0.3, -0.25) is 10.1 Å². The fraction of sp³-hybridized carbons (Fsp3) is 0.120. The Morgan fingerprint density at radius 3 is 2.56 bits per heavy atom. The molecule has 0 spiro atoms. The third kappa shape index (κ3) is 4.73. The first kappa shape index (κ1) is 21.0. The van der Waals surface area contributed by atoms with E-state index in [0.29, 0.717) is 29.0 Å². The highest BCUT2D eigenvalue weighted by Gasteiger charge is 2.25. The molecule has 3 aromatic carbocycles. The number of carbonyl (C=O) groups excluding carboxylic acids is 1. The summed E-state index contributed by atoms with van der Waals surface area (Å²) in [6, 6.07) is 21.9. The molecule has 0 bridgehead atoms. The predicted octanol–water partition coefficient (Wildman–Crippen LogP) is 4.87. The normalized spacial score (nSPS) is 14.2. The molecule has 1 aliphatic heterocycles. The number of para-hydroxylation sites is 1. The quantitative estimate of drug-likeness (QED) is 0.232. The summed E-state index contributed by atoms with van der Waals surface area (Å²) in [5, 5.41) is 11.0. The first-order valence-corrected chi connectivity index (χ1v) is 10.0. The Bertz CT molecular complexity index is 1230. The van der Waals surface area contributed by atoms with Crippen LogP contribution in [0.5, 0.6) is 5.75 Å². The van der Waals surface area contributed by atoms with E-state index >= 15 is 0 Å². The topological polar surface area (TPSA) is 91.0 Å². The Labute approximate surface area is 184 Å². The Kier molecular flexibility index (Phi) is 6.07. The summed E-state index contributed by atoms with van der Waals surface area (Å²) in [6.07, 6.45) is 2.38. The van der Waals surface area contributed by atoms with Crippen LogP contribution < -0.4 is 4.74 Å². The highest BCUT2D eigenvalue weighted by Crippen LogP contribution is 2.26. The lowest BCUT2D eigenvalue weighted by Crippen LogP contribution is -2.06. The van der Waals surface area contributed by atoms with Crippen LogP contribution in [0.2, 0.25) is 0 Å². The molecule has 0 saturated carbocycles. The van der Waals surface area contributed by atoms with Crippen molar-refractivity contribution in [3.8, 4) is 5.75 Å². The molecule has 1 heterocycles. The maximum atomic E-state index is 12.4. The summed E-state index contributed by atoms with van der Waals surface area (Å²) in [5.74, 6) is 0.162. The third-order valence-electron chi connectivity index (χ3n) is 4.96. The molecule has 160 valence electrons. The molecular formula is C25H20N2O5. The van der Waals surface area contributed by atoms with Gasteiger partial charge in [-0.05, 0) is 36.8 Å². The highest BCUT2D eigenvalue weighted by atomic mass is 16.6. The number of nitrogens with zero attached hydrogens (tertiary/aromatic N) is 2. The Morgan fingerprint density at radius 2 is 1.81 bits per heavy atom. The Hall–Kier alpha value is -4.26. The number of hydrogen-bond donors (Lipinski definition) is 0. The zero-order valence-electron chi connectivity index (χ0n) is 17.4. The molecule has 0 radical (unpaired) electrons. The van der Waals surface area contributed by atoms with E-state index in [0.717, 1.165) is 6.42 Å². The highest BCUT2D eigenvalue weighted by molar-refractivity contribution is 6.13. The molecule has 1 aliphatic rings. The molecule has 0 amide bonds. The van der Waals surface area contributed by atoms with Gasteiger partial charge >= 0.3 is 5.97 Å². The number of nitro groups is 1. The van der Waals surface area contributed by atoms with E-state index in [4.69, 9.17) is 9.47 Å². The van der Waals surface area contributed by atoms with Gasteiger partial charge in [0.05, 0.1) is 11.5 Å². The van der Waals surface area contributed by atoms with Gasteiger partial charge in [0.25, 0.3) is 5.69 Å². The van der Waals surface area contributed by atoms with Crippen molar-refractivity contribution in [1.82, 2.24) is 0 Å². The monoisotopic (exact) mass is 428 g/mol.